The van der Waals surface area contributed by atoms with Crippen molar-refractivity contribution >= 4 is 23.3 Å². The Labute approximate surface area is 154 Å². The number of halogens is 1. The summed E-state index contributed by atoms with van der Waals surface area (Å²) in [6.45, 7) is 10.3. The van der Waals surface area contributed by atoms with Gasteiger partial charge in [-0.1, -0.05) is 11.6 Å². The zero-order chi connectivity index (χ0) is 17.6. The van der Waals surface area contributed by atoms with Crippen molar-refractivity contribution in [2.24, 2.45) is 0 Å². The molecule has 3 rings (SSSR count). The highest BCUT2D eigenvalue weighted by Gasteiger charge is 2.22. The zero-order valence-corrected chi connectivity index (χ0v) is 15.6. The summed E-state index contributed by atoms with van der Waals surface area (Å²) in [4.78, 5) is 18.9. The van der Waals surface area contributed by atoms with Gasteiger partial charge in [-0.05, 0) is 30.7 Å². The van der Waals surface area contributed by atoms with E-state index in [9.17, 15) is 4.79 Å². The van der Waals surface area contributed by atoms with Crippen LogP contribution in [0.5, 0.6) is 0 Å². The first-order chi connectivity index (χ1) is 12.1. The lowest BCUT2D eigenvalue weighted by Crippen LogP contribution is -2.53. The lowest BCUT2D eigenvalue weighted by molar-refractivity contribution is 0.0386. The number of aryl methyl sites for hydroxylation is 1. The molecule has 6 nitrogen and oxygen atoms in total. The van der Waals surface area contributed by atoms with E-state index >= 15 is 0 Å². The lowest BCUT2D eigenvalue weighted by Gasteiger charge is -2.37. The van der Waals surface area contributed by atoms with Gasteiger partial charge < -0.3 is 19.9 Å². The van der Waals surface area contributed by atoms with Crippen LogP contribution >= 0.6 is 11.6 Å². The van der Waals surface area contributed by atoms with E-state index in [0.29, 0.717) is 6.54 Å². The number of rotatable bonds is 4. The molecule has 0 aliphatic carbocycles. The van der Waals surface area contributed by atoms with Gasteiger partial charge in [-0.25, -0.2) is 4.79 Å². The van der Waals surface area contributed by atoms with Gasteiger partial charge in [0.05, 0.1) is 13.2 Å². The Morgan fingerprint density at radius 3 is 2.56 bits per heavy atom. The molecule has 0 atom stereocenters. The van der Waals surface area contributed by atoms with Crippen LogP contribution in [-0.2, 0) is 4.74 Å². The molecule has 0 aromatic heterocycles. The molecular weight excluding hydrogens is 340 g/mol. The fraction of sp³-hybridized carbons (Fsp3) is 0.611. The van der Waals surface area contributed by atoms with Crippen LogP contribution in [0.15, 0.2) is 18.2 Å². The SMILES string of the molecule is Cc1cc(Cl)ccc1N1CCN(C(=O)NCCN2CCOCC2)CC1. The van der Waals surface area contributed by atoms with E-state index in [1.54, 1.807) is 0 Å². The summed E-state index contributed by atoms with van der Waals surface area (Å²) in [6, 6.07) is 6.02. The van der Waals surface area contributed by atoms with Gasteiger partial charge in [0, 0.05) is 63.1 Å². The molecular formula is C18H27ClN4O2. The van der Waals surface area contributed by atoms with Crippen LogP contribution in [0, 0.1) is 6.92 Å². The molecule has 0 bridgehead atoms. The van der Waals surface area contributed by atoms with Gasteiger partial charge in [-0.2, -0.15) is 0 Å². The maximum atomic E-state index is 12.3. The molecule has 2 aliphatic rings. The molecule has 138 valence electrons. The highest BCUT2D eigenvalue weighted by molar-refractivity contribution is 6.30. The molecule has 1 aromatic carbocycles. The topological polar surface area (TPSA) is 48.0 Å². The lowest BCUT2D eigenvalue weighted by atomic mass is 10.1. The highest BCUT2D eigenvalue weighted by Crippen LogP contribution is 2.24. The molecule has 0 saturated carbocycles. The van der Waals surface area contributed by atoms with E-state index in [2.05, 4.69) is 28.1 Å². The van der Waals surface area contributed by atoms with Gasteiger partial charge in [-0.3, -0.25) is 4.90 Å². The first kappa shape index (κ1) is 18.3. The van der Waals surface area contributed by atoms with Crippen molar-refractivity contribution in [3.05, 3.63) is 28.8 Å². The average Bonchev–Trinajstić information content (AvgIpc) is 2.63. The predicted octanol–water partition coefficient (Wildman–Crippen LogP) is 1.81. The minimum absolute atomic E-state index is 0.0423. The average molecular weight is 367 g/mol. The molecule has 25 heavy (non-hydrogen) atoms. The zero-order valence-electron chi connectivity index (χ0n) is 14.8. The predicted molar refractivity (Wildman–Crippen MR) is 101 cm³/mol. The Hall–Kier alpha value is -1.50. The molecule has 0 radical (unpaired) electrons. The molecule has 0 unspecified atom stereocenters. The smallest absolute Gasteiger partial charge is 0.317 e. The summed E-state index contributed by atoms with van der Waals surface area (Å²) in [5, 5.41) is 3.81. The van der Waals surface area contributed by atoms with Crippen molar-refractivity contribution in [3.8, 4) is 0 Å². The van der Waals surface area contributed by atoms with Crippen LogP contribution in [0.1, 0.15) is 5.56 Å². The number of amides is 2. The number of morpholine rings is 1. The van der Waals surface area contributed by atoms with Crippen LogP contribution in [0.25, 0.3) is 0 Å². The first-order valence-corrected chi connectivity index (χ1v) is 9.35. The molecule has 2 heterocycles. The molecule has 0 spiro atoms. The van der Waals surface area contributed by atoms with E-state index in [4.69, 9.17) is 16.3 Å². The van der Waals surface area contributed by atoms with Gasteiger partial charge in [-0.15, -0.1) is 0 Å². The maximum Gasteiger partial charge on any atom is 0.317 e. The largest absolute Gasteiger partial charge is 0.379 e. The van der Waals surface area contributed by atoms with Gasteiger partial charge in [0.15, 0.2) is 0 Å². The van der Waals surface area contributed by atoms with E-state index in [1.807, 2.05) is 17.0 Å². The van der Waals surface area contributed by atoms with Crippen molar-refractivity contribution < 1.29 is 9.53 Å². The Kier molecular flexibility index (Phi) is 6.39. The number of ether oxygens (including phenoxy) is 1. The van der Waals surface area contributed by atoms with Gasteiger partial charge in [0.25, 0.3) is 0 Å². The molecule has 2 saturated heterocycles. The fourth-order valence-electron chi connectivity index (χ4n) is 3.38. The normalized spacial score (nSPS) is 19.1. The van der Waals surface area contributed by atoms with Gasteiger partial charge >= 0.3 is 6.03 Å². The summed E-state index contributed by atoms with van der Waals surface area (Å²) >= 11 is 6.04. The second kappa shape index (κ2) is 8.74. The minimum atomic E-state index is 0.0423. The Morgan fingerprint density at radius 2 is 1.88 bits per heavy atom. The molecule has 2 amide bonds. The number of anilines is 1. The van der Waals surface area contributed by atoms with Crippen LogP contribution in [0.3, 0.4) is 0 Å². The summed E-state index contributed by atoms with van der Waals surface area (Å²) < 4.78 is 5.33. The molecule has 2 fully saturated rings. The first-order valence-electron chi connectivity index (χ1n) is 8.97. The third-order valence-corrected chi connectivity index (χ3v) is 5.11. The third-order valence-electron chi connectivity index (χ3n) is 4.87. The fourth-order valence-corrected chi connectivity index (χ4v) is 3.61. The standard InChI is InChI=1S/C18H27ClN4O2/c1-15-14-16(19)2-3-17(15)22-6-8-23(9-7-22)18(24)20-4-5-21-10-12-25-13-11-21/h2-3,14H,4-13H2,1H3,(H,20,24). The Balaban J connectivity index is 1.41. The summed E-state index contributed by atoms with van der Waals surface area (Å²) in [5.74, 6) is 0. The summed E-state index contributed by atoms with van der Waals surface area (Å²) in [7, 11) is 0. The number of urea groups is 1. The van der Waals surface area contributed by atoms with Crippen molar-refractivity contribution in [2.75, 3.05) is 70.5 Å². The van der Waals surface area contributed by atoms with Crippen LogP contribution < -0.4 is 10.2 Å². The number of hydrogen-bond acceptors (Lipinski definition) is 4. The quantitative estimate of drug-likeness (QED) is 0.883. The summed E-state index contributed by atoms with van der Waals surface area (Å²) in [5.41, 5.74) is 2.38. The maximum absolute atomic E-state index is 12.3. The Morgan fingerprint density at radius 1 is 1.16 bits per heavy atom. The van der Waals surface area contributed by atoms with Crippen molar-refractivity contribution in [1.29, 1.82) is 0 Å². The minimum Gasteiger partial charge on any atom is -0.379 e. The highest BCUT2D eigenvalue weighted by atomic mass is 35.5. The molecule has 7 heteroatoms. The molecule has 1 aromatic rings. The van der Waals surface area contributed by atoms with E-state index < -0.39 is 0 Å². The molecule has 2 aliphatic heterocycles. The van der Waals surface area contributed by atoms with Crippen LogP contribution in [-0.4, -0.2) is 81.4 Å². The monoisotopic (exact) mass is 366 g/mol. The number of benzene rings is 1. The number of carbonyl (C=O) groups is 1. The number of nitrogens with one attached hydrogen (secondary N) is 1. The third kappa shape index (κ3) is 5.00. The van der Waals surface area contributed by atoms with Crippen LogP contribution in [0.2, 0.25) is 5.02 Å². The van der Waals surface area contributed by atoms with Crippen LogP contribution in [0.4, 0.5) is 10.5 Å². The van der Waals surface area contributed by atoms with Crippen molar-refractivity contribution in [1.82, 2.24) is 15.1 Å². The van der Waals surface area contributed by atoms with E-state index in [-0.39, 0.29) is 6.03 Å². The van der Waals surface area contributed by atoms with Gasteiger partial charge in [0.2, 0.25) is 0 Å². The number of piperazine rings is 1. The van der Waals surface area contributed by atoms with Crippen molar-refractivity contribution in [2.45, 2.75) is 6.92 Å². The van der Waals surface area contributed by atoms with Gasteiger partial charge in [0.1, 0.15) is 0 Å². The van der Waals surface area contributed by atoms with E-state index in [1.165, 1.54) is 11.3 Å². The summed E-state index contributed by atoms with van der Waals surface area (Å²) in [6.07, 6.45) is 0. The molecule has 1 N–H and O–H groups in total. The van der Waals surface area contributed by atoms with Crippen molar-refractivity contribution in [3.63, 3.8) is 0 Å². The Bertz CT molecular complexity index is 584. The number of nitrogens with zero attached hydrogens (tertiary/aromatic N) is 3. The second-order valence-corrected chi connectivity index (χ2v) is 7.03. The second-order valence-electron chi connectivity index (χ2n) is 6.59. The number of hydrogen-bond donors (Lipinski definition) is 1. The van der Waals surface area contributed by atoms with E-state index in [0.717, 1.165) is 64.0 Å². The number of carbonyl (C=O) groups excluding carboxylic acids is 1.